The zero-order valence-electron chi connectivity index (χ0n) is 15.8. The third-order valence-corrected chi connectivity index (χ3v) is 7.08. The SMILES string of the molecule is CC(CC(N)=O)CC(=O)N1C2C(=O)CNC2CC1S(=O)(=O)C(=O)c1cccnc1. The molecule has 3 heterocycles. The van der Waals surface area contributed by atoms with Crippen molar-refractivity contribution in [3.05, 3.63) is 30.1 Å². The molecule has 2 aliphatic heterocycles. The molecule has 2 aliphatic rings. The molecule has 0 bridgehead atoms. The molecule has 2 saturated heterocycles. The van der Waals surface area contributed by atoms with Gasteiger partial charge in [0, 0.05) is 37.7 Å². The van der Waals surface area contributed by atoms with Crippen molar-refractivity contribution in [2.75, 3.05) is 6.54 Å². The molecule has 2 amide bonds. The molecule has 3 N–H and O–H groups in total. The third-order valence-electron chi connectivity index (χ3n) is 5.19. The first-order chi connectivity index (χ1) is 13.6. The maximum absolute atomic E-state index is 13.1. The van der Waals surface area contributed by atoms with E-state index in [1.807, 2.05) is 0 Å². The minimum absolute atomic E-state index is 0.0271. The Morgan fingerprint density at radius 1 is 1.34 bits per heavy atom. The minimum atomic E-state index is -4.47. The Morgan fingerprint density at radius 2 is 2.07 bits per heavy atom. The fraction of sp³-hybridized carbons (Fsp3) is 0.500. The second kappa shape index (κ2) is 7.99. The van der Waals surface area contributed by atoms with Crippen molar-refractivity contribution in [2.45, 2.75) is 43.6 Å². The van der Waals surface area contributed by atoms with E-state index < -0.39 is 50.1 Å². The van der Waals surface area contributed by atoms with Crippen molar-refractivity contribution >= 4 is 32.6 Å². The quantitative estimate of drug-likeness (QED) is 0.591. The maximum atomic E-state index is 13.1. The van der Waals surface area contributed by atoms with E-state index >= 15 is 0 Å². The number of ketones is 1. The van der Waals surface area contributed by atoms with Gasteiger partial charge in [-0.3, -0.25) is 24.2 Å². The van der Waals surface area contributed by atoms with Gasteiger partial charge in [0.1, 0.15) is 11.4 Å². The van der Waals surface area contributed by atoms with Gasteiger partial charge in [0.15, 0.2) is 5.78 Å². The van der Waals surface area contributed by atoms with Crippen molar-refractivity contribution < 1.29 is 27.6 Å². The van der Waals surface area contributed by atoms with E-state index in [0.717, 1.165) is 11.1 Å². The Labute approximate surface area is 167 Å². The van der Waals surface area contributed by atoms with Gasteiger partial charge in [0.2, 0.25) is 21.7 Å². The van der Waals surface area contributed by atoms with E-state index in [4.69, 9.17) is 5.73 Å². The first-order valence-electron chi connectivity index (χ1n) is 9.16. The van der Waals surface area contributed by atoms with E-state index in [1.165, 1.54) is 18.3 Å². The van der Waals surface area contributed by atoms with Gasteiger partial charge in [-0.05, 0) is 18.1 Å². The number of likely N-dealkylation sites (tertiary alicyclic amines) is 1. The van der Waals surface area contributed by atoms with Crippen molar-refractivity contribution in [3.8, 4) is 0 Å². The number of nitrogens with one attached hydrogen (secondary N) is 1. The number of primary amides is 1. The number of nitrogens with two attached hydrogens (primary N) is 1. The highest BCUT2D eigenvalue weighted by atomic mass is 32.2. The molecular formula is C18H22N4O6S. The normalized spacial score (nSPS) is 24.9. The smallest absolute Gasteiger partial charge is 0.280 e. The molecular weight excluding hydrogens is 400 g/mol. The van der Waals surface area contributed by atoms with Crippen molar-refractivity contribution in [1.82, 2.24) is 15.2 Å². The second-order valence-electron chi connectivity index (χ2n) is 7.44. The number of hydrogen-bond donors (Lipinski definition) is 2. The molecule has 4 unspecified atom stereocenters. The summed E-state index contributed by atoms with van der Waals surface area (Å²) in [5.74, 6) is -1.92. The van der Waals surface area contributed by atoms with Gasteiger partial charge >= 0.3 is 0 Å². The fourth-order valence-electron chi connectivity index (χ4n) is 3.93. The van der Waals surface area contributed by atoms with E-state index in [2.05, 4.69) is 10.3 Å². The lowest BCUT2D eigenvalue weighted by Crippen LogP contribution is -2.50. The average molecular weight is 422 g/mol. The highest BCUT2D eigenvalue weighted by Crippen LogP contribution is 2.34. The summed E-state index contributed by atoms with van der Waals surface area (Å²) in [6.07, 6.45) is 2.27. The topological polar surface area (TPSA) is 157 Å². The number of pyridine rings is 1. The highest BCUT2D eigenvalue weighted by Gasteiger charge is 2.56. The Morgan fingerprint density at radius 3 is 2.69 bits per heavy atom. The predicted octanol–water partition coefficient (Wildman–Crippen LogP) is -0.994. The highest BCUT2D eigenvalue weighted by molar-refractivity contribution is 8.07. The standard InChI is InChI=1S/C18H22N4O6S/c1-10(5-14(19)24)6-15(25)22-16(7-12-17(22)13(23)9-21-12)29(27,28)18(26)11-3-2-4-20-8-11/h2-4,8,10,12,16-17,21H,5-7,9H2,1H3,(H2,19,24). The first kappa shape index (κ1) is 21.1. The Bertz CT molecular complexity index is 948. The molecule has 29 heavy (non-hydrogen) atoms. The summed E-state index contributed by atoms with van der Waals surface area (Å²) in [5, 5.41) is 0.304. The van der Waals surface area contributed by atoms with E-state index in [-0.39, 0.29) is 37.2 Å². The number of sulfone groups is 1. The molecule has 156 valence electrons. The largest absolute Gasteiger partial charge is 0.370 e. The van der Waals surface area contributed by atoms with Crippen LogP contribution >= 0.6 is 0 Å². The zero-order valence-corrected chi connectivity index (χ0v) is 16.6. The van der Waals surface area contributed by atoms with Crippen LogP contribution in [0.1, 0.15) is 36.5 Å². The summed E-state index contributed by atoms with van der Waals surface area (Å²) in [5.41, 5.74) is 5.04. The van der Waals surface area contributed by atoms with Crippen LogP contribution in [0.25, 0.3) is 0 Å². The zero-order chi connectivity index (χ0) is 21.3. The Kier molecular flexibility index (Phi) is 5.80. The molecule has 0 aromatic carbocycles. The van der Waals surface area contributed by atoms with Crippen LogP contribution in [0.15, 0.2) is 24.5 Å². The van der Waals surface area contributed by atoms with Crippen LogP contribution in [-0.2, 0) is 24.2 Å². The number of Topliss-reactive ketones (excluding diaryl/α,β-unsaturated/α-hetero) is 1. The summed E-state index contributed by atoms with van der Waals surface area (Å²) in [4.78, 5) is 53.8. The summed E-state index contributed by atoms with van der Waals surface area (Å²) in [6, 6.07) is 1.27. The number of rotatable bonds is 6. The number of nitrogens with zero attached hydrogens (tertiary/aromatic N) is 2. The van der Waals surface area contributed by atoms with Crippen molar-refractivity contribution in [3.63, 3.8) is 0 Å². The lowest BCUT2D eigenvalue weighted by molar-refractivity contribution is -0.138. The molecule has 11 heteroatoms. The van der Waals surface area contributed by atoms with Gasteiger partial charge in [0.05, 0.1) is 12.1 Å². The number of fused-ring (bicyclic) bond motifs is 1. The second-order valence-corrected chi connectivity index (χ2v) is 9.45. The summed E-state index contributed by atoms with van der Waals surface area (Å²) in [6.45, 7) is 1.66. The van der Waals surface area contributed by atoms with Crippen LogP contribution in [0.2, 0.25) is 0 Å². The summed E-state index contributed by atoms with van der Waals surface area (Å²) in [7, 11) is -4.47. The summed E-state index contributed by atoms with van der Waals surface area (Å²) >= 11 is 0. The van der Waals surface area contributed by atoms with Crippen LogP contribution in [0.5, 0.6) is 0 Å². The molecule has 1 aromatic rings. The molecule has 2 fully saturated rings. The number of hydrogen-bond acceptors (Lipinski definition) is 8. The van der Waals surface area contributed by atoms with Crippen LogP contribution in [0, 0.1) is 5.92 Å². The molecule has 0 spiro atoms. The summed E-state index contributed by atoms with van der Waals surface area (Å²) < 4.78 is 26.1. The number of carbonyl (C=O) groups is 4. The number of aromatic nitrogens is 1. The fourth-order valence-corrected chi connectivity index (χ4v) is 5.63. The monoisotopic (exact) mass is 422 g/mol. The Hall–Kier alpha value is -2.66. The van der Waals surface area contributed by atoms with Gasteiger partial charge in [-0.2, -0.15) is 0 Å². The van der Waals surface area contributed by atoms with Crippen LogP contribution < -0.4 is 11.1 Å². The van der Waals surface area contributed by atoms with Crippen LogP contribution in [0.3, 0.4) is 0 Å². The maximum Gasteiger partial charge on any atom is 0.280 e. The Balaban J connectivity index is 1.91. The average Bonchev–Trinajstić information content (AvgIpc) is 3.21. The van der Waals surface area contributed by atoms with Crippen molar-refractivity contribution in [2.24, 2.45) is 11.7 Å². The minimum Gasteiger partial charge on any atom is -0.370 e. The van der Waals surface area contributed by atoms with Gasteiger partial charge < -0.3 is 16.0 Å². The van der Waals surface area contributed by atoms with Gasteiger partial charge in [-0.15, -0.1) is 0 Å². The third kappa shape index (κ3) is 4.06. The van der Waals surface area contributed by atoms with Crippen LogP contribution in [-0.4, -0.2) is 65.0 Å². The van der Waals surface area contributed by atoms with E-state index in [1.54, 1.807) is 6.92 Å². The van der Waals surface area contributed by atoms with E-state index in [0.29, 0.717) is 0 Å². The predicted molar refractivity (Wildman–Crippen MR) is 101 cm³/mol. The molecule has 4 atom stereocenters. The molecule has 0 saturated carbocycles. The van der Waals surface area contributed by atoms with Gasteiger partial charge in [-0.1, -0.05) is 6.92 Å². The molecule has 1 aromatic heterocycles. The van der Waals surface area contributed by atoms with Gasteiger partial charge in [-0.25, -0.2) is 8.42 Å². The first-order valence-corrected chi connectivity index (χ1v) is 10.7. The molecule has 10 nitrogen and oxygen atoms in total. The molecule has 0 aliphatic carbocycles. The van der Waals surface area contributed by atoms with Gasteiger partial charge in [0.25, 0.3) is 5.12 Å². The van der Waals surface area contributed by atoms with Crippen molar-refractivity contribution in [1.29, 1.82) is 0 Å². The molecule has 0 radical (unpaired) electrons. The molecule has 3 rings (SSSR count). The lowest BCUT2D eigenvalue weighted by atomic mass is 10.0. The number of carbonyl (C=O) groups excluding carboxylic acids is 4. The lowest BCUT2D eigenvalue weighted by Gasteiger charge is -2.29. The van der Waals surface area contributed by atoms with E-state index in [9.17, 15) is 27.6 Å². The number of amides is 2. The van der Waals surface area contributed by atoms with Crippen LogP contribution in [0.4, 0.5) is 0 Å².